The maximum absolute atomic E-state index is 14.4. The highest BCUT2D eigenvalue weighted by Crippen LogP contribution is 2.47. The van der Waals surface area contributed by atoms with E-state index in [2.05, 4.69) is 15.4 Å². The molecule has 3 heterocycles. The number of sulfonamides is 1. The zero-order valence-corrected chi connectivity index (χ0v) is 31.0. The maximum Gasteiger partial charge on any atom is 0.407 e. The van der Waals surface area contributed by atoms with Crippen LogP contribution in [-0.4, -0.2) is 89.2 Å². The van der Waals surface area contributed by atoms with Crippen molar-refractivity contribution in [2.75, 3.05) is 13.2 Å². The molecule has 2 aliphatic carbocycles. The zero-order valence-electron chi connectivity index (χ0n) is 30.2. The number of aryl methyl sites for hydroxylation is 1. The number of hydrogen-bond donors (Lipinski definition) is 3. The maximum atomic E-state index is 14.4. The Morgan fingerprint density at radius 1 is 1.06 bits per heavy atom. The summed E-state index contributed by atoms with van der Waals surface area (Å²) in [6.07, 6.45) is 2.41. The Bertz CT molecular complexity index is 2020. The van der Waals surface area contributed by atoms with Crippen LogP contribution < -0.4 is 20.1 Å². The first kappa shape index (κ1) is 36.6. The van der Waals surface area contributed by atoms with Crippen molar-refractivity contribution in [1.29, 1.82) is 0 Å². The third-order valence-electron chi connectivity index (χ3n) is 10.7. The Labute approximate surface area is 308 Å². The van der Waals surface area contributed by atoms with Crippen molar-refractivity contribution < 1.29 is 37.1 Å². The summed E-state index contributed by atoms with van der Waals surface area (Å²) < 4.78 is 39.7. The predicted molar refractivity (Wildman–Crippen MR) is 195 cm³/mol. The zero-order chi connectivity index (χ0) is 37.5. The van der Waals surface area contributed by atoms with E-state index in [1.54, 1.807) is 13.8 Å². The van der Waals surface area contributed by atoms with E-state index in [0.29, 0.717) is 42.4 Å². The van der Waals surface area contributed by atoms with Gasteiger partial charge in [-0.25, -0.2) is 23.2 Å². The van der Waals surface area contributed by atoms with Gasteiger partial charge >= 0.3 is 6.09 Å². The van der Waals surface area contributed by atoms with Crippen molar-refractivity contribution in [2.45, 2.75) is 101 Å². The summed E-state index contributed by atoms with van der Waals surface area (Å²) in [7, 11) is -3.86. The van der Waals surface area contributed by atoms with Gasteiger partial charge in [-0.15, -0.1) is 0 Å². The minimum absolute atomic E-state index is 0.0304. The van der Waals surface area contributed by atoms with Crippen molar-refractivity contribution in [2.24, 2.45) is 11.8 Å². The molecule has 2 saturated carbocycles. The largest absolute Gasteiger partial charge is 0.471 e. The smallest absolute Gasteiger partial charge is 0.407 e. The Kier molecular flexibility index (Phi) is 10.0. The number of benzene rings is 2. The molecule has 3 aromatic rings. The van der Waals surface area contributed by atoms with E-state index in [0.717, 1.165) is 24.0 Å². The van der Waals surface area contributed by atoms with Crippen molar-refractivity contribution in [3.8, 4) is 17.1 Å². The van der Waals surface area contributed by atoms with Gasteiger partial charge in [0.1, 0.15) is 29.4 Å². The first-order valence-corrected chi connectivity index (χ1v) is 20.1. The number of hydrogen-bond acceptors (Lipinski definition) is 10. The van der Waals surface area contributed by atoms with E-state index in [4.69, 9.17) is 19.4 Å². The summed E-state index contributed by atoms with van der Waals surface area (Å²) in [5, 5.41) is 4.96. The summed E-state index contributed by atoms with van der Waals surface area (Å²) >= 11 is 0. The van der Waals surface area contributed by atoms with Gasteiger partial charge in [0.15, 0.2) is 0 Å². The lowest BCUT2D eigenvalue weighted by atomic mass is 10.0. The van der Waals surface area contributed by atoms with Crippen molar-refractivity contribution >= 4 is 44.9 Å². The van der Waals surface area contributed by atoms with Crippen LogP contribution in [0.3, 0.4) is 0 Å². The minimum atomic E-state index is -3.86. The van der Waals surface area contributed by atoms with Crippen LogP contribution in [0.1, 0.15) is 71.3 Å². The molecule has 53 heavy (non-hydrogen) atoms. The number of amides is 4. The summed E-state index contributed by atoms with van der Waals surface area (Å²) in [6.45, 7) is 5.57. The van der Waals surface area contributed by atoms with E-state index in [1.807, 2.05) is 55.5 Å². The molecule has 1 aromatic heterocycles. The highest BCUT2D eigenvalue weighted by atomic mass is 32.2. The van der Waals surface area contributed by atoms with Crippen molar-refractivity contribution in [1.82, 2.24) is 30.2 Å². The van der Waals surface area contributed by atoms with Crippen LogP contribution in [0.4, 0.5) is 4.79 Å². The fraction of sp³-hybridized carbons (Fsp3) is 0.526. The molecule has 282 valence electrons. The molecule has 3 fully saturated rings. The molecule has 3 N–H and O–H groups in total. The van der Waals surface area contributed by atoms with Crippen LogP contribution in [-0.2, 0) is 35.6 Å². The molecular formula is C38H46N6O8S. The second-order valence-corrected chi connectivity index (χ2v) is 16.9. The highest BCUT2D eigenvalue weighted by molar-refractivity contribution is 7.91. The van der Waals surface area contributed by atoms with Crippen LogP contribution in [0.15, 0.2) is 48.5 Å². The van der Waals surface area contributed by atoms with Gasteiger partial charge in [-0.3, -0.25) is 19.1 Å². The van der Waals surface area contributed by atoms with Crippen LogP contribution in [0.5, 0.6) is 5.88 Å². The molecule has 5 atom stereocenters. The number of alkyl carbamates (subject to hydrolysis) is 1. The lowest BCUT2D eigenvalue weighted by molar-refractivity contribution is -0.141. The monoisotopic (exact) mass is 746 g/mol. The molecule has 4 aliphatic rings. The van der Waals surface area contributed by atoms with Crippen LogP contribution in [0.2, 0.25) is 0 Å². The number of nitrogens with one attached hydrogen (secondary N) is 3. The molecule has 4 amide bonds. The highest BCUT2D eigenvalue weighted by Gasteiger charge is 2.62. The first-order chi connectivity index (χ1) is 25.4. The lowest BCUT2D eigenvalue weighted by Crippen LogP contribution is -2.59. The molecule has 14 nitrogen and oxygen atoms in total. The topological polar surface area (TPSA) is 186 Å². The van der Waals surface area contributed by atoms with E-state index < -0.39 is 62.8 Å². The summed E-state index contributed by atoms with van der Waals surface area (Å²) in [6, 6.07) is 13.2. The van der Waals surface area contributed by atoms with Crippen LogP contribution in [0.25, 0.3) is 22.3 Å². The van der Waals surface area contributed by atoms with Crippen molar-refractivity contribution in [3.63, 3.8) is 0 Å². The second kappa shape index (κ2) is 14.6. The average molecular weight is 747 g/mol. The number of carbonyl (C=O) groups is 4. The van der Waals surface area contributed by atoms with Crippen LogP contribution >= 0.6 is 0 Å². The number of ether oxygens (including phenoxy) is 2. The number of nitrogens with zero attached hydrogens (tertiary/aromatic N) is 3. The minimum Gasteiger partial charge on any atom is -0.471 e. The van der Waals surface area contributed by atoms with Gasteiger partial charge in [-0.05, 0) is 68.1 Å². The van der Waals surface area contributed by atoms with Gasteiger partial charge in [-0.1, -0.05) is 63.6 Å². The first-order valence-electron chi connectivity index (χ1n) is 18.5. The normalized spacial score (nSPS) is 26.4. The summed E-state index contributed by atoms with van der Waals surface area (Å²) in [5.41, 5.74) is 2.19. The molecular weight excluding hydrogens is 701 g/mol. The second-order valence-electron chi connectivity index (χ2n) is 15.0. The van der Waals surface area contributed by atoms with E-state index in [1.165, 1.54) is 4.90 Å². The molecule has 1 saturated heterocycles. The van der Waals surface area contributed by atoms with E-state index >= 15 is 0 Å². The van der Waals surface area contributed by atoms with Gasteiger partial charge in [0.05, 0.1) is 29.4 Å². The number of fused-ring (bicyclic) bond motifs is 4. The van der Waals surface area contributed by atoms with Gasteiger partial charge in [-0.2, -0.15) is 0 Å². The average Bonchev–Trinajstić information content (AvgIpc) is 4.06. The van der Waals surface area contributed by atoms with Crippen LogP contribution in [0, 0.1) is 11.8 Å². The van der Waals surface area contributed by atoms with E-state index in [-0.39, 0.29) is 43.7 Å². The standard InChI is InChI=1S/C38H46N6O8S/c1-4-25-20-38(25,36(47)43-53(49,50)27-14-15-27)42-33(45)30-19-26-21-44(30)35(46)31(22(2)3)41-37(48)51-17-9-8-10-23-13-16-28-29(18-23)40-34(52-26)32(39-28)24-11-6-5-7-12-24/h5-7,11-13,16,18,22,25-27,30-31H,4,8-10,14-15,17,19-21H2,1-3H3,(H,41,48)(H,42,45)(H,43,47)/t25-,26-,30+,31+,38+/m1/s1. The molecule has 2 aliphatic heterocycles. The molecule has 0 unspecified atom stereocenters. The van der Waals surface area contributed by atoms with Gasteiger partial charge in [0.25, 0.3) is 5.91 Å². The Balaban J connectivity index is 1.24. The number of cyclic esters (lactones) is 1. The molecule has 15 heteroatoms. The fourth-order valence-corrected chi connectivity index (χ4v) is 8.75. The summed E-state index contributed by atoms with van der Waals surface area (Å²) in [5.74, 6) is -2.31. The fourth-order valence-electron chi connectivity index (χ4n) is 7.39. The molecule has 0 spiro atoms. The third-order valence-corrected chi connectivity index (χ3v) is 12.5. The van der Waals surface area contributed by atoms with Gasteiger partial charge < -0.3 is 25.0 Å². The van der Waals surface area contributed by atoms with Gasteiger partial charge in [0, 0.05) is 12.0 Å². The SMILES string of the molecule is CC[C@@H]1C[C@@]1(NC(=O)[C@@H]1C[C@@H]2CN1C(=O)[C@H](C(C)C)NC(=O)OCCCCc1ccc3nc(-c4ccccc4)c(nc3c1)O2)C(=O)NS(=O)(=O)C1CC1. The molecule has 7 rings (SSSR count). The van der Waals surface area contributed by atoms with E-state index in [9.17, 15) is 27.6 Å². The molecule has 2 aromatic carbocycles. The van der Waals surface area contributed by atoms with Crippen molar-refractivity contribution in [3.05, 3.63) is 54.1 Å². The summed E-state index contributed by atoms with van der Waals surface area (Å²) in [4.78, 5) is 66.4. The molecule has 0 radical (unpaired) electrons. The Morgan fingerprint density at radius 3 is 2.53 bits per heavy atom. The Hall–Kier alpha value is -4.79. The predicted octanol–water partition coefficient (Wildman–Crippen LogP) is 3.63. The number of rotatable bonds is 8. The van der Waals surface area contributed by atoms with Gasteiger partial charge in [0.2, 0.25) is 27.7 Å². The lowest BCUT2D eigenvalue weighted by Gasteiger charge is -2.31. The number of carbonyl (C=O) groups excluding carboxylic acids is 4. The number of aromatic nitrogens is 2. The quantitative estimate of drug-likeness (QED) is 0.308. The third kappa shape index (κ3) is 7.66. The Morgan fingerprint density at radius 2 is 1.83 bits per heavy atom. The molecule has 5 bridgehead atoms.